The first-order valence-corrected chi connectivity index (χ1v) is 9.78. The molecule has 0 unspecified atom stereocenters. The first kappa shape index (κ1) is 20.4. The van der Waals surface area contributed by atoms with Gasteiger partial charge in [0.2, 0.25) is 10.0 Å². The number of hydrogen-bond donors (Lipinski definition) is 1. The van der Waals surface area contributed by atoms with Crippen LogP contribution in [0.4, 0.5) is 0 Å². The topological polar surface area (TPSA) is 75.7 Å². The predicted octanol–water partition coefficient (Wildman–Crippen LogP) is 2.54. The van der Waals surface area contributed by atoms with Crippen LogP contribution < -0.4 is 4.72 Å². The van der Waals surface area contributed by atoms with Gasteiger partial charge < -0.3 is 9.64 Å². The van der Waals surface area contributed by atoms with Gasteiger partial charge in [-0.3, -0.25) is 4.79 Å². The summed E-state index contributed by atoms with van der Waals surface area (Å²) in [5.74, 6) is -0.198. The Morgan fingerprint density at radius 2 is 1.73 bits per heavy atom. The van der Waals surface area contributed by atoms with E-state index < -0.39 is 10.0 Å². The number of rotatable bonds is 8. The van der Waals surface area contributed by atoms with Crippen molar-refractivity contribution in [1.29, 1.82) is 0 Å². The molecule has 0 atom stereocenters. The monoisotopic (exact) mass is 396 g/mol. The van der Waals surface area contributed by atoms with Crippen LogP contribution in [0.5, 0.6) is 0 Å². The number of ether oxygens (including phenoxy) is 1. The van der Waals surface area contributed by atoms with Gasteiger partial charge in [-0.25, -0.2) is 13.1 Å². The molecule has 2 aromatic rings. The highest BCUT2D eigenvalue weighted by Gasteiger charge is 2.16. The Bertz CT molecular complexity index is 836. The second-order valence-electron chi connectivity index (χ2n) is 5.70. The highest BCUT2D eigenvalue weighted by molar-refractivity contribution is 7.89. The van der Waals surface area contributed by atoms with Crippen LogP contribution in [0.2, 0.25) is 5.02 Å². The molecule has 2 aromatic carbocycles. The van der Waals surface area contributed by atoms with Gasteiger partial charge in [0.25, 0.3) is 5.91 Å². The molecule has 0 heterocycles. The lowest BCUT2D eigenvalue weighted by Crippen LogP contribution is -2.28. The highest BCUT2D eigenvalue weighted by Crippen LogP contribution is 2.14. The van der Waals surface area contributed by atoms with Gasteiger partial charge in [-0.05, 0) is 42.0 Å². The van der Waals surface area contributed by atoms with E-state index in [9.17, 15) is 13.2 Å². The SMILES string of the molecule is COCCNS(=O)(=O)c1ccc(C(=O)N(C)Cc2ccc(Cl)cc2)cc1. The van der Waals surface area contributed by atoms with E-state index in [2.05, 4.69) is 4.72 Å². The standard InChI is InChI=1S/C18H21ClN2O4S/c1-21(13-14-3-7-16(19)8-4-14)18(22)15-5-9-17(10-6-15)26(23,24)20-11-12-25-2/h3-10,20H,11-13H2,1-2H3. The summed E-state index contributed by atoms with van der Waals surface area (Å²) in [6, 6.07) is 13.1. The summed E-state index contributed by atoms with van der Waals surface area (Å²) in [4.78, 5) is 14.2. The first-order valence-electron chi connectivity index (χ1n) is 7.92. The number of benzene rings is 2. The molecule has 1 N–H and O–H groups in total. The van der Waals surface area contributed by atoms with Crippen LogP contribution in [0.3, 0.4) is 0 Å². The van der Waals surface area contributed by atoms with Crippen LogP contribution in [0.1, 0.15) is 15.9 Å². The zero-order chi connectivity index (χ0) is 19.2. The van der Waals surface area contributed by atoms with Crippen molar-refractivity contribution in [2.24, 2.45) is 0 Å². The average Bonchev–Trinajstić information content (AvgIpc) is 2.63. The maximum atomic E-state index is 12.5. The van der Waals surface area contributed by atoms with E-state index >= 15 is 0 Å². The van der Waals surface area contributed by atoms with Crippen LogP contribution in [-0.2, 0) is 21.3 Å². The van der Waals surface area contributed by atoms with Gasteiger partial charge in [-0.1, -0.05) is 23.7 Å². The normalized spacial score (nSPS) is 11.3. The fourth-order valence-corrected chi connectivity index (χ4v) is 3.43. The van der Waals surface area contributed by atoms with Gasteiger partial charge in [0, 0.05) is 37.8 Å². The first-order chi connectivity index (χ1) is 12.3. The average molecular weight is 397 g/mol. The smallest absolute Gasteiger partial charge is 0.253 e. The zero-order valence-corrected chi connectivity index (χ0v) is 16.2. The summed E-state index contributed by atoms with van der Waals surface area (Å²) in [6.45, 7) is 0.892. The molecule has 1 amide bonds. The Morgan fingerprint density at radius 3 is 2.31 bits per heavy atom. The number of sulfonamides is 1. The summed E-state index contributed by atoms with van der Waals surface area (Å²) >= 11 is 5.86. The lowest BCUT2D eigenvalue weighted by Gasteiger charge is -2.17. The van der Waals surface area contributed by atoms with Crippen LogP contribution in [0.15, 0.2) is 53.4 Å². The number of nitrogens with one attached hydrogen (secondary N) is 1. The molecule has 0 aliphatic carbocycles. The summed E-state index contributed by atoms with van der Waals surface area (Å²) < 4.78 is 31.5. The molecule has 0 aromatic heterocycles. The minimum atomic E-state index is -3.62. The third-order valence-electron chi connectivity index (χ3n) is 3.69. The molecule has 6 nitrogen and oxygen atoms in total. The van der Waals surface area contributed by atoms with Gasteiger partial charge >= 0.3 is 0 Å². The Labute approximate surface area is 158 Å². The van der Waals surface area contributed by atoms with E-state index in [0.29, 0.717) is 17.1 Å². The van der Waals surface area contributed by atoms with Crippen LogP contribution >= 0.6 is 11.6 Å². The molecular formula is C18H21ClN2O4S. The fraction of sp³-hybridized carbons (Fsp3) is 0.278. The van der Waals surface area contributed by atoms with Crippen molar-refractivity contribution < 1.29 is 17.9 Å². The minimum absolute atomic E-state index is 0.102. The lowest BCUT2D eigenvalue weighted by atomic mass is 10.1. The van der Waals surface area contributed by atoms with Crippen molar-refractivity contribution in [2.75, 3.05) is 27.3 Å². The summed E-state index contributed by atoms with van der Waals surface area (Å²) in [6.07, 6.45) is 0. The molecule has 140 valence electrons. The summed E-state index contributed by atoms with van der Waals surface area (Å²) in [5.41, 5.74) is 1.36. The number of nitrogens with zero attached hydrogens (tertiary/aromatic N) is 1. The third-order valence-corrected chi connectivity index (χ3v) is 5.42. The molecule has 26 heavy (non-hydrogen) atoms. The number of amides is 1. The number of methoxy groups -OCH3 is 1. The molecular weight excluding hydrogens is 376 g/mol. The molecule has 0 bridgehead atoms. The second kappa shape index (κ2) is 9.14. The van der Waals surface area contributed by atoms with Crippen molar-refractivity contribution in [3.8, 4) is 0 Å². The predicted molar refractivity (Wildman–Crippen MR) is 101 cm³/mol. The quantitative estimate of drug-likeness (QED) is 0.696. The van der Waals surface area contributed by atoms with Gasteiger partial charge in [-0.15, -0.1) is 0 Å². The number of hydrogen-bond acceptors (Lipinski definition) is 4. The molecule has 0 aliphatic heterocycles. The molecule has 2 rings (SSSR count). The van der Waals surface area contributed by atoms with E-state index in [-0.39, 0.29) is 24.0 Å². The Kier molecular flexibility index (Phi) is 7.16. The van der Waals surface area contributed by atoms with Crippen molar-refractivity contribution >= 4 is 27.5 Å². The molecule has 0 saturated carbocycles. The summed E-state index contributed by atoms with van der Waals surface area (Å²) in [5, 5.41) is 0.638. The molecule has 0 saturated heterocycles. The molecule has 0 aliphatic rings. The van der Waals surface area contributed by atoms with E-state index in [0.717, 1.165) is 5.56 Å². The Hall–Kier alpha value is -1.93. The van der Waals surface area contributed by atoms with Crippen LogP contribution in [0.25, 0.3) is 0 Å². The van der Waals surface area contributed by atoms with Gasteiger partial charge in [0.05, 0.1) is 11.5 Å². The third kappa shape index (κ3) is 5.54. The molecule has 0 radical (unpaired) electrons. The van der Waals surface area contributed by atoms with Gasteiger partial charge in [0.15, 0.2) is 0 Å². The molecule has 0 spiro atoms. The van der Waals surface area contributed by atoms with Crippen LogP contribution in [-0.4, -0.2) is 46.5 Å². The van der Waals surface area contributed by atoms with Crippen molar-refractivity contribution in [2.45, 2.75) is 11.4 Å². The second-order valence-corrected chi connectivity index (χ2v) is 7.91. The van der Waals surface area contributed by atoms with E-state index in [1.807, 2.05) is 12.1 Å². The maximum Gasteiger partial charge on any atom is 0.253 e. The van der Waals surface area contributed by atoms with E-state index in [1.54, 1.807) is 24.1 Å². The Morgan fingerprint density at radius 1 is 1.12 bits per heavy atom. The Balaban J connectivity index is 2.04. The molecule has 0 fully saturated rings. The van der Waals surface area contributed by atoms with E-state index in [4.69, 9.17) is 16.3 Å². The highest BCUT2D eigenvalue weighted by atomic mass is 35.5. The van der Waals surface area contributed by atoms with Gasteiger partial charge in [0.1, 0.15) is 0 Å². The van der Waals surface area contributed by atoms with Crippen molar-refractivity contribution in [1.82, 2.24) is 9.62 Å². The number of carbonyl (C=O) groups excluding carboxylic acids is 1. The van der Waals surface area contributed by atoms with Crippen molar-refractivity contribution in [3.63, 3.8) is 0 Å². The number of carbonyl (C=O) groups is 1. The maximum absolute atomic E-state index is 12.5. The zero-order valence-electron chi connectivity index (χ0n) is 14.6. The fourth-order valence-electron chi connectivity index (χ4n) is 2.29. The summed E-state index contributed by atoms with van der Waals surface area (Å²) in [7, 11) is -0.432. The molecule has 8 heteroatoms. The van der Waals surface area contributed by atoms with Crippen molar-refractivity contribution in [3.05, 3.63) is 64.7 Å². The largest absolute Gasteiger partial charge is 0.383 e. The number of halogens is 1. The minimum Gasteiger partial charge on any atom is -0.383 e. The van der Waals surface area contributed by atoms with Crippen LogP contribution in [0, 0.1) is 0 Å². The van der Waals surface area contributed by atoms with E-state index in [1.165, 1.54) is 31.4 Å². The lowest BCUT2D eigenvalue weighted by molar-refractivity contribution is 0.0785. The van der Waals surface area contributed by atoms with Gasteiger partial charge in [-0.2, -0.15) is 0 Å².